The molecule has 0 saturated heterocycles. The Morgan fingerprint density at radius 2 is 2.22 bits per heavy atom. The van der Waals surface area contributed by atoms with Crippen molar-refractivity contribution in [2.75, 3.05) is 11.9 Å². The van der Waals surface area contributed by atoms with Crippen molar-refractivity contribution in [3.8, 4) is 0 Å². The molecule has 0 bridgehead atoms. The molecule has 1 aromatic rings. The fourth-order valence-corrected chi connectivity index (χ4v) is 2.18. The van der Waals surface area contributed by atoms with Crippen molar-refractivity contribution < 1.29 is 0 Å². The van der Waals surface area contributed by atoms with Gasteiger partial charge in [0.2, 0.25) is 0 Å². The quantitative estimate of drug-likeness (QED) is 0.806. The highest BCUT2D eigenvalue weighted by molar-refractivity contribution is 9.10. The Morgan fingerprint density at radius 1 is 1.50 bits per heavy atom. The van der Waals surface area contributed by atoms with Gasteiger partial charge in [-0.1, -0.05) is 20.3 Å². The monoisotopic (exact) mass is 316 g/mol. The molecule has 0 spiro atoms. The SMILES string of the molecule is CCCC(CN)Nc1cnn(CCC)c(=O)c1Br. The van der Waals surface area contributed by atoms with Crippen molar-refractivity contribution in [3.63, 3.8) is 0 Å². The topological polar surface area (TPSA) is 72.9 Å². The average Bonchev–Trinajstić information content (AvgIpc) is 2.37. The fourth-order valence-electron chi connectivity index (χ4n) is 1.75. The molecule has 5 nitrogen and oxygen atoms in total. The second-order valence-electron chi connectivity index (χ2n) is 4.27. The minimum atomic E-state index is -0.103. The first-order chi connectivity index (χ1) is 8.63. The summed E-state index contributed by atoms with van der Waals surface area (Å²) in [7, 11) is 0. The van der Waals surface area contributed by atoms with Crippen molar-refractivity contribution in [1.82, 2.24) is 9.78 Å². The lowest BCUT2D eigenvalue weighted by molar-refractivity contribution is 0.564. The molecule has 0 amide bonds. The van der Waals surface area contributed by atoms with Gasteiger partial charge in [-0.15, -0.1) is 0 Å². The van der Waals surface area contributed by atoms with Crippen molar-refractivity contribution in [2.45, 2.75) is 45.7 Å². The van der Waals surface area contributed by atoms with E-state index in [-0.39, 0.29) is 11.6 Å². The van der Waals surface area contributed by atoms with Gasteiger partial charge in [-0.25, -0.2) is 4.68 Å². The van der Waals surface area contributed by atoms with Crippen LogP contribution in [0.5, 0.6) is 0 Å². The largest absolute Gasteiger partial charge is 0.379 e. The van der Waals surface area contributed by atoms with Crippen LogP contribution in [0, 0.1) is 0 Å². The highest BCUT2D eigenvalue weighted by atomic mass is 79.9. The number of aromatic nitrogens is 2. The number of halogens is 1. The van der Waals surface area contributed by atoms with Crippen LogP contribution in [0.4, 0.5) is 5.69 Å². The molecule has 0 aromatic carbocycles. The Kier molecular flexibility index (Phi) is 6.35. The molecule has 0 fully saturated rings. The van der Waals surface area contributed by atoms with Crippen molar-refractivity contribution in [2.24, 2.45) is 5.73 Å². The summed E-state index contributed by atoms with van der Waals surface area (Å²) < 4.78 is 1.99. The molecule has 0 radical (unpaired) electrons. The van der Waals surface area contributed by atoms with E-state index in [2.05, 4.69) is 33.3 Å². The zero-order valence-electron chi connectivity index (χ0n) is 10.9. The van der Waals surface area contributed by atoms with Crippen LogP contribution < -0.4 is 16.6 Å². The Morgan fingerprint density at radius 3 is 2.78 bits per heavy atom. The first kappa shape index (κ1) is 15.2. The van der Waals surface area contributed by atoms with Gasteiger partial charge in [-0.3, -0.25) is 4.79 Å². The zero-order valence-corrected chi connectivity index (χ0v) is 12.5. The van der Waals surface area contributed by atoms with Crippen LogP contribution in [-0.4, -0.2) is 22.4 Å². The summed E-state index contributed by atoms with van der Waals surface area (Å²) in [5.74, 6) is 0. The zero-order chi connectivity index (χ0) is 13.5. The molecule has 1 rings (SSSR count). The highest BCUT2D eigenvalue weighted by Gasteiger charge is 2.12. The lowest BCUT2D eigenvalue weighted by Gasteiger charge is -2.18. The van der Waals surface area contributed by atoms with Crippen molar-refractivity contribution >= 4 is 21.6 Å². The van der Waals surface area contributed by atoms with E-state index in [1.54, 1.807) is 6.20 Å². The first-order valence-electron chi connectivity index (χ1n) is 6.36. The first-order valence-corrected chi connectivity index (χ1v) is 7.15. The van der Waals surface area contributed by atoms with Gasteiger partial charge in [-0.05, 0) is 28.8 Å². The maximum Gasteiger partial charge on any atom is 0.283 e. The summed E-state index contributed by atoms with van der Waals surface area (Å²) in [5, 5.41) is 7.41. The van der Waals surface area contributed by atoms with Crippen LogP contribution in [0.25, 0.3) is 0 Å². The summed E-state index contributed by atoms with van der Waals surface area (Å²) in [5.41, 5.74) is 6.31. The molecule has 0 aliphatic rings. The number of anilines is 1. The Hall–Kier alpha value is -0.880. The van der Waals surface area contributed by atoms with E-state index in [1.165, 1.54) is 4.68 Å². The van der Waals surface area contributed by atoms with Crippen molar-refractivity contribution in [1.29, 1.82) is 0 Å². The predicted octanol–water partition coefficient (Wildman–Crippen LogP) is 1.96. The van der Waals surface area contributed by atoms with E-state index < -0.39 is 0 Å². The summed E-state index contributed by atoms with van der Waals surface area (Å²) in [6.45, 7) is 5.29. The van der Waals surface area contributed by atoms with Gasteiger partial charge < -0.3 is 11.1 Å². The maximum atomic E-state index is 12.0. The number of aryl methyl sites for hydroxylation is 1. The average molecular weight is 317 g/mol. The number of nitrogens with zero attached hydrogens (tertiary/aromatic N) is 2. The van der Waals surface area contributed by atoms with Gasteiger partial charge in [0.1, 0.15) is 4.47 Å². The minimum Gasteiger partial charge on any atom is -0.379 e. The van der Waals surface area contributed by atoms with E-state index in [0.29, 0.717) is 17.6 Å². The van der Waals surface area contributed by atoms with Gasteiger partial charge in [0.15, 0.2) is 0 Å². The molecular weight excluding hydrogens is 296 g/mol. The maximum absolute atomic E-state index is 12.0. The summed E-state index contributed by atoms with van der Waals surface area (Å²) in [6, 6.07) is 0.175. The predicted molar refractivity (Wildman–Crippen MR) is 77.9 cm³/mol. The van der Waals surface area contributed by atoms with E-state index >= 15 is 0 Å². The smallest absolute Gasteiger partial charge is 0.283 e. The van der Waals surface area contributed by atoms with E-state index in [4.69, 9.17) is 5.73 Å². The van der Waals surface area contributed by atoms with Crippen LogP contribution in [0.2, 0.25) is 0 Å². The Bertz CT molecular complexity index is 433. The second-order valence-corrected chi connectivity index (χ2v) is 5.06. The van der Waals surface area contributed by atoms with Crippen LogP contribution in [0.15, 0.2) is 15.5 Å². The van der Waals surface area contributed by atoms with E-state index in [9.17, 15) is 4.79 Å². The number of hydrogen-bond donors (Lipinski definition) is 2. The fraction of sp³-hybridized carbons (Fsp3) is 0.667. The van der Waals surface area contributed by atoms with Gasteiger partial charge in [0.25, 0.3) is 5.56 Å². The Balaban J connectivity index is 2.91. The highest BCUT2D eigenvalue weighted by Crippen LogP contribution is 2.18. The molecule has 18 heavy (non-hydrogen) atoms. The van der Waals surface area contributed by atoms with Crippen LogP contribution in [0.3, 0.4) is 0 Å². The molecule has 1 unspecified atom stereocenters. The number of rotatable bonds is 7. The van der Waals surface area contributed by atoms with Crippen molar-refractivity contribution in [3.05, 3.63) is 21.0 Å². The van der Waals surface area contributed by atoms with Gasteiger partial charge in [0.05, 0.1) is 11.9 Å². The molecule has 1 heterocycles. The molecule has 6 heteroatoms. The lowest BCUT2D eigenvalue weighted by Crippen LogP contribution is -2.31. The summed E-state index contributed by atoms with van der Waals surface area (Å²) in [4.78, 5) is 12.0. The van der Waals surface area contributed by atoms with Gasteiger partial charge in [-0.2, -0.15) is 5.10 Å². The standard InChI is InChI=1S/C12H21BrN4O/c1-3-5-9(7-14)16-10-8-15-17(6-4-2)12(18)11(10)13/h8-9,16H,3-7,14H2,1-2H3. The van der Waals surface area contributed by atoms with E-state index in [0.717, 1.165) is 24.9 Å². The van der Waals surface area contributed by atoms with Gasteiger partial charge in [0, 0.05) is 19.1 Å². The molecule has 1 atom stereocenters. The molecule has 102 valence electrons. The molecule has 0 aliphatic heterocycles. The van der Waals surface area contributed by atoms with Gasteiger partial charge >= 0.3 is 0 Å². The lowest BCUT2D eigenvalue weighted by atomic mass is 10.1. The van der Waals surface area contributed by atoms with Crippen LogP contribution >= 0.6 is 15.9 Å². The van der Waals surface area contributed by atoms with Crippen LogP contribution in [0.1, 0.15) is 33.1 Å². The second kappa shape index (κ2) is 7.53. The molecular formula is C12H21BrN4O. The summed E-state index contributed by atoms with van der Waals surface area (Å²) in [6.07, 6.45) is 4.58. The molecule has 0 saturated carbocycles. The van der Waals surface area contributed by atoms with E-state index in [1.807, 2.05) is 6.92 Å². The summed E-state index contributed by atoms with van der Waals surface area (Å²) >= 11 is 3.33. The molecule has 0 aliphatic carbocycles. The van der Waals surface area contributed by atoms with Crippen LogP contribution in [-0.2, 0) is 6.54 Å². The third kappa shape index (κ3) is 3.81. The Labute approximate surface area is 116 Å². The third-order valence-corrected chi connectivity index (χ3v) is 3.47. The normalized spacial score (nSPS) is 12.4. The number of nitrogens with two attached hydrogens (primary N) is 1. The molecule has 1 aromatic heterocycles. The minimum absolute atomic E-state index is 0.103. The molecule has 3 N–H and O–H groups in total. The third-order valence-electron chi connectivity index (χ3n) is 2.70. The number of nitrogens with one attached hydrogen (secondary N) is 1. The number of hydrogen-bond acceptors (Lipinski definition) is 4.